The number of carboxylic acids is 1. The number of para-hydroxylation sites is 1. The number of hydrogen-bond acceptors (Lipinski definition) is 6. The molecule has 3 rings (SSSR count). The van der Waals surface area contributed by atoms with E-state index in [-0.39, 0.29) is 29.0 Å². The van der Waals surface area contributed by atoms with Crippen LogP contribution in [0.3, 0.4) is 0 Å². The second-order valence-corrected chi connectivity index (χ2v) is 5.57. The number of halogens is 2. The number of carboxylic acid groups (broad SMARTS) is 1. The first-order chi connectivity index (χ1) is 12.5. The quantitative estimate of drug-likeness (QED) is 0.607. The number of nitrogens with zero attached hydrogens (tertiary/aromatic N) is 3. The number of aromatic nitrogens is 3. The van der Waals surface area contributed by atoms with Gasteiger partial charge < -0.3 is 15.7 Å². The molecule has 0 unspecified atom stereocenters. The van der Waals surface area contributed by atoms with E-state index < -0.39 is 11.8 Å². The van der Waals surface area contributed by atoms with Gasteiger partial charge in [0, 0.05) is 24.0 Å². The largest absolute Gasteiger partial charge is 0.480 e. The molecule has 7 nitrogen and oxygen atoms in total. The van der Waals surface area contributed by atoms with E-state index in [1.54, 1.807) is 36.7 Å². The number of benzene rings is 1. The van der Waals surface area contributed by atoms with Gasteiger partial charge in [-0.2, -0.15) is 4.98 Å². The molecule has 9 heteroatoms. The normalized spacial score (nSPS) is 10.4. The van der Waals surface area contributed by atoms with Gasteiger partial charge in [0.25, 0.3) is 0 Å². The van der Waals surface area contributed by atoms with Crippen LogP contribution in [0.5, 0.6) is 0 Å². The molecule has 3 aromatic rings. The molecule has 0 fully saturated rings. The highest BCUT2D eigenvalue weighted by Crippen LogP contribution is 2.29. The highest BCUT2D eigenvalue weighted by atomic mass is 35.5. The van der Waals surface area contributed by atoms with Crippen LogP contribution in [-0.4, -0.2) is 32.6 Å². The minimum atomic E-state index is -1.06. The Morgan fingerprint density at radius 2 is 1.96 bits per heavy atom. The Labute approximate surface area is 152 Å². The number of carbonyl (C=O) groups is 1. The summed E-state index contributed by atoms with van der Waals surface area (Å²) in [5, 5.41) is 14.4. The second-order valence-electron chi connectivity index (χ2n) is 5.17. The predicted molar refractivity (Wildman–Crippen MR) is 96.1 cm³/mol. The zero-order valence-electron chi connectivity index (χ0n) is 13.3. The van der Waals surface area contributed by atoms with Crippen molar-refractivity contribution in [3.05, 3.63) is 59.6 Å². The number of pyridine rings is 1. The third-order valence-electron chi connectivity index (χ3n) is 3.32. The molecule has 0 amide bonds. The second kappa shape index (κ2) is 7.75. The molecule has 0 atom stereocenters. The van der Waals surface area contributed by atoms with E-state index in [1.165, 1.54) is 12.1 Å². The summed E-state index contributed by atoms with van der Waals surface area (Å²) in [5.41, 5.74) is 1.31. The van der Waals surface area contributed by atoms with Crippen LogP contribution in [0, 0.1) is 5.82 Å². The highest BCUT2D eigenvalue weighted by molar-refractivity contribution is 6.33. The lowest BCUT2D eigenvalue weighted by molar-refractivity contribution is -0.134. The molecule has 0 radical (unpaired) electrons. The molecule has 26 heavy (non-hydrogen) atoms. The van der Waals surface area contributed by atoms with Crippen LogP contribution in [0.15, 0.2) is 48.8 Å². The molecule has 0 bridgehead atoms. The molecule has 0 aliphatic rings. The molecule has 2 aromatic heterocycles. The first-order valence-corrected chi connectivity index (χ1v) is 7.87. The van der Waals surface area contributed by atoms with Gasteiger partial charge >= 0.3 is 5.97 Å². The molecule has 132 valence electrons. The van der Waals surface area contributed by atoms with Crippen LogP contribution in [-0.2, 0) is 4.79 Å². The van der Waals surface area contributed by atoms with Crippen LogP contribution >= 0.6 is 11.6 Å². The Morgan fingerprint density at radius 1 is 1.19 bits per heavy atom. The Kier molecular flexibility index (Phi) is 5.23. The van der Waals surface area contributed by atoms with Crippen molar-refractivity contribution in [3.63, 3.8) is 0 Å². The Morgan fingerprint density at radius 3 is 2.65 bits per heavy atom. The van der Waals surface area contributed by atoms with E-state index in [1.807, 2.05) is 0 Å². The van der Waals surface area contributed by atoms with E-state index in [9.17, 15) is 9.18 Å². The summed E-state index contributed by atoms with van der Waals surface area (Å²) in [4.78, 5) is 23.2. The first-order valence-electron chi connectivity index (χ1n) is 7.49. The smallest absolute Gasteiger partial charge is 0.322 e. The van der Waals surface area contributed by atoms with E-state index >= 15 is 0 Å². The van der Waals surface area contributed by atoms with Crippen molar-refractivity contribution in [3.8, 4) is 11.3 Å². The van der Waals surface area contributed by atoms with Crippen molar-refractivity contribution < 1.29 is 14.3 Å². The minimum absolute atomic E-state index is 0.0673. The zero-order chi connectivity index (χ0) is 18.5. The van der Waals surface area contributed by atoms with Crippen molar-refractivity contribution in [2.45, 2.75) is 0 Å². The van der Waals surface area contributed by atoms with Crippen molar-refractivity contribution in [2.75, 3.05) is 17.2 Å². The maximum Gasteiger partial charge on any atom is 0.322 e. The van der Waals surface area contributed by atoms with Crippen LogP contribution in [0.2, 0.25) is 5.02 Å². The lowest BCUT2D eigenvalue weighted by atomic mass is 10.2. The van der Waals surface area contributed by atoms with Crippen molar-refractivity contribution in [1.29, 1.82) is 0 Å². The van der Waals surface area contributed by atoms with Gasteiger partial charge in [0.2, 0.25) is 5.95 Å². The van der Waals surface area contributed by atoms with Gasteiger partial charge in [0.15, 0.2) is 0 Å². The van der Waals surface area contributed by atoms with Gasteiger partial charge in [-0.05, 0) is 24.3 Å². The van der Waals surface area contributed by atoms with Gasteiger partial charge in [-0.25, -0.2) is 9.37 Å². The Hall–Kier alpha value is -3.26. The fraction of sp³-hybridized carbons (Fsp3) is 0.0588. The van der Waals surface area contributed by atoms with Crippen molar-refractivity contribution >= 4 is 35.0 Å². The Bertz CT molecular complexity index is 919. The monoisotopic (exact) mass is 373 g/mol. The third kappa shape index (κ3) is 4.22. The molecule has 2 heterocycles. The summed E-state index contributed by atoms with van der Waals surface area (Å²) < 4.78 is 14.0. The fourth-order valence-electron chi connectivity index (χ4n) is 2.16. The van der Waals surface area contributed by atoms with Gasteiger partial charge in [0.05, 0.1) is 16.4 Å². The summed E-state index contributed by atoms with van der Waals surface area (Å²) in [7, 11) is 0. The lowest BCUT2D eigenvalue weighted by Crippen LogP contribution is -2.15. The van der Waals surface area contributed by atoms with Gasteiger partial charge in [-0.3, -0.25) is 9.78 Å². The van der Waals surface area contributed by atoms with Gasteiger partial charge in [-0.1, -0.05) is 17.7 Å². The fourth-order valence-corrected chi connectivity index (χ4v) is 2.37. The molecule has 0 spiro atoms. The van der Waals surface area contributed by atoms with Crippen LogP contribution in [0.1, 0.15) is 0 Å². The average Bonchev–Trinajstić information content (AvgIpc) is 2.64. The van der Waals surface area contributed by atoms with E-state index in [2.05, 4.69) is 25.6 Å². The van der Waals surface area contributed by atoms with Crippen LogP contribution in [0.4, 0.5) is 21.8 Å². The predicted octanol–water partition coefficient (Wildman–Crippen LogP) is 3.57. The number of rotatable bonds is 6. The highest BCUT2D eigenvalue weighted by Gasteiger charge is 2.12. The maximum absolute atomic E-state index is 14.0. The molecule has 0 aliphatic heterocycles. The maximum atomic E-state index is 14.0. The van der Waals surface area contributed by atoms with E-state index in [4.69, 9.17) is 16.7 Å². The SMILES string of the molecule is O=C(O)CNc1nc(Nc2c(F)cccc2Cl)cc(-c2ccncc2)n1. The summed E-state index contributed by atoms with van der Waals surface area (Å²) in [5.74, 6) is -1.26. The number of anilines is 3. The molecule has 3 N–H and O–H groups in total. The van der Waals surface area contributed by atoms with Crippen LogP contribution < -0.4 is 10.6 Å². The molecule has 0 saturated heterocycles. The summed E-state index contributed by atoms with van der Waals surface area (Å²) in [6.07, 6.45) is 3.20. The zero-order valence-corrected chi connectivity index (χ0v) is 14.0. The Balaban J connectivity index is 2.00. The van der Waals surface area contributed by atoms with Gasteiger partial charge in [-0.15, -0.1) is 0 Å². The van der Waals surface area contributed by atoms with Crippen molar-refractivity contribution in [1.82, 2.24) is 15.0 Å². The van der Waals surface area contributed by atoms with Crippen molar-refractivity contribution in [2.24, 2.45) is 0 Å². The molecular formula is C17H13ClFN5O2. The summed E-state index contributed by atoms with van der Waals surface area (Å²) in [6, 6.07) is 9.38. The summed E-state index contributed by atoms with van der Waals surface area (Å²) in [6.45, 7) is -0.361. The number of hydrogen-bond donors (Lipinski definition) is 3. The number of nitrogens with one attached hydrogen (secondary N) is 2. The van der Waals surface area contributed by atoms with E-state index in [0.717, 1.165) is 5.56 Å². The molecule has 0 saturated carbocycles. The van der Waals surface area contributed by atoms with Crippen LogP contribution in [0.25, 0.3) is 11.3 Å². The summed E-state index contributed by atoms with van der Waals surface area (Å²) >= 11 is 6.03. The molecule has 0 aliphatic carbocycles. The first kappa shape index (κ1) is 17.6. The molecular weight excluding hydrogens is 361 g/mol. The number of aliphatic carboxylic acids is 1. The third-order valence-corrected chi connectivity index (χ3v) is 3.63. The standard InChI is InChI=1S/C17H13ClFN5O2/c18-11-2-1-3-12(19)16(11)23-14-8-13(10-4-6-20-7-5-10)22-17(24-14)21-9-15(25)26/h1-8H,9H2,(H,25,26)(H2,21,22,23,24). The van der Waals surface area contributed by atoms with Gasteiger partial charge in [0.1, 0.15) is 18.2 Å². The van der Waals surface area contributed by atoms with E-state index in [0.29, 0.717) is 5.69 Å². The minimum Gasteiger partial charge on any atom is -0.480 e. The topological polar surface area (TPSA) is 100 Å². The lowest BCUT2D eigenvalue weighted by Gasteiger charge is -2.12. The average molecular weight is 374 g/mol. The molecule has 1 aromatic carbocycles.